The molecule has 0 aliphatic carbocycles. The standard InChI is InChI=1S/C14H23N3O4S3/c1-3-15-16-24(18,19)13-11-12-5-7-17(23-14(12)22-13)6-4-8-21-10-9-20-2/h5,7,11,15-16H,3-4,6,8-10H2,1-2H3. The van der Waals surface area contributed by atoms with Crippen molar-refractivity contribution in [1.29, 1.82) is 0 Å². The maximum Gasteiger partial charge on any atom is 0.262 e. The molecule has 1 aliphatic heterocycles. The summed E-state index contributed by atoms with van der Waals surface area (Å²) in [5, 5.41) is 0. The minimum atomic E-state index is -3.50. The van der Waals surface area contributed by atoms with E-state index in [1.54, 1.807) is 25.1 Å². The minimum Gasteiger partial charge on any atom is -0.382 e. The second kappa shape index (κ2) is 9.76. The number of hydrogen-bond donors (Lipinski definition) is 2. The summed E-state index contributed by atoms with van der Waals surface area (Å²) in [4.78, 5) is 2.36. The third-order valence-corrected chi connectivity index (χ3v) is 7.19. The number of rotatable bonds is 11. The van der Waals surface area contributed by atoms with Gasteiger partial charge in [0, 0.05) is 38.6 Å². The lowest BCUT2D eigenvalue weighted by atomic mass is 10.3. The number of ether oxygens (including phenoxy) is 2. The van der Waals surface area contributed by atoms with Crippen LogP contribution in [0.5, 0.6) is 0 Å². The van der Waals surface area contributed by atoms with E-state index in [0.29, 0.717) is 30.6 Å². The summed E-state index contributed by atoms with van der Waals surface area (Å²) in [6.45, 7) is 5.08. The molecule has 2 heterocycles. The Morgan fingerprint density at radius 2 is 2.12 bits per heavy atom. The van der Waals surface area contributed by atoms with Crippen LogP contribution in [0.25, 0.3) is 6.08 Å². The second-order valence-corrected chi connectivity index (χ2v) is 9.23. The molecule has 0 fully saturated rings. The lowest BCUT2D eigenvalue weighted by molar-refractivity contribution is 0.0687. The van der Waals surface area contributed by atoms with Gasteiger partial charge in [-0.2, -0.15) is 0 Å². The van der Waals surface area contributed by atoms with E-state index in [0.717, 1.165) is 22.7 Å². The van der Waals surface area contributed by atoms with E-state index < -0.39 is 10.0 Å². The Morgan fingerprint density at radius 3 is 2.88 bits per heavy atom. The Hall–Kier alpha value is -0.620. The number of thiophene rings is 1. The Labute approximate surface area is 151 Å². The van der Waals surface area contributed by atoms with Crippen molar-refractivity contribution in [2.24, 2.45) is 0 Å². The van der Waals surface area contributed by atoms with Crippen molar-refractivity contribution in [2.45, 2.75) is 21.8 Å². The topological polar surface area (TPSA) is 79.9 Å². The van der Waals surface area contributed by atoms with Gasteiger partial charge in [-0.1, -0.05) is 6.92 Å². The molecule has 0 saturated carbocycles. The van der Waals surface area contributed by atoms with E-state index in [-0.39, 0.29) is 0 Å². The first kappa shape index (κ1) is 19.7. The van der Waals surface area contributed by atoms with Crippen molar-refractivity contribution in [1.82, 2.24) is 14.6 Å². The molecule has 0 radical (unpaired) electrons. The number of sulfonamides is 1. The summed E-state index contributed by atoms with van der Waals surface area (Å²) in [7, 11) is -1.85. The monoisotopic (exact) mass is 393 g/mol. The summed E-state index contributed by atoms with van der Waals surface area (Å²) < 4.78 is 38.1. The highest BCUT2D eigenvalue weighted by atomic mass is 32.3. The summed E-state index contributed by atoms with van der Waals surface area (Å²) in [5.41, 5.74) is 3.57. The number of nitrogens with one attached hydrogen (secondary N) is 2. The molecule has 0 atom stereocenters. The normalized spacial score (nSPS) is 14.2. The molecule has 0 aromatic carbocycles. The van der Waals surface area contributed by atoms with Gasteiger partial charge in [-0.25, -0.2) is 13.8 Å². The van der Waals surface area contributed by atoms with E-state index in [1.165, 1.54) is 11.3 Å². The van der Waals surface area contributed by atoms with Crippen molar-refractivity contribution in [3.8, 4) is 0 Å². The number of hydrazine groups is 1. The minimum absolute atomic E-state index is 0.315. The fraction of sp³-hybridized carbons (Fsp3) is 0.571. The summed E-state index contributed by atoms with van der Waals surface area (Å²) in [6, 6.07) is 1.70. The quantitative estimate of drug-likeness (QED) is 0.338. The van der Waals surface area contributed by atoms with Crippen molar-refractivity contribution in [3.63, 3.8) is 0 Å². The summed E-state index contributed by atoms with van der Waals surface area (Å²) in [6.07, 6.45) is 4.82. The lowest BCUT2D eigenvalue weighted by Crippen LogP contribution is -2.36. The van der Waals surface area contributed by atoms with Gasteiger partial charge in [0.2, 0.25) is 0 Å². The van der Waals surface area contributed by atoms with Gasteiger partial charge in [0.05, 0.1) is 17.4 Å². The van der Waals surface area contributed by atoms with Crippen molar-refractivity contribution < 1.29 is 17.9 Å². The molecule has 0 amide bonds. The van der Waals surface area contributed by atoms with Gasteiger partial charge in [-0.15, -0.1) is 16.2 Å². The maximum absolute atomic E-state index is 12.2. The fourth-order valence-electron chi connectivity index (χ4n) is 1.89. The Bertz CT molecular complexity index is 646. The highest BCUT2D eigenvalue weighted by Gasteiger charge is 2.22. The molecule has 2 rings (SSSR count). The smallest absolute Gasteiger partial charge is 0.262 e. The zero-order chi connectivity index (χ0) is 17.4. The zero-order valence-electron chi connectivity index (χ0n) is 13.8. The van der Waals surface area contributed by atoms with Gasteiger partial charge in [0.25, 0.3) is 10.0 Å². The maximum atomic E-state index is 12.2. The van der Waals surface area contributed by atoms with Gasteiger partial charge >= 0.3 is 0 Å². The first-order valence-corrected chi connectivity index (χ1v) is 10.7. The van der Waals surface area contributed by atoms with Crippen LogP contribution in [0.4, 0.5) is 0 Å². The molecule has 0 saturated heterocycles. The Balaban J connectivity index is 1.85. The first-order valence-electron chi connectivity index (χ1n) is 7.65. The molecule has 7 nitrogen and oxygen atoms in total. The van der Waals surface area contributed by atoms with Crippen LogP contribution >= 0.6 is 23.3 Å². The van der Waals surface area contributed by atoms with Crippen LogP contribution in [-0.4, -0.2) is 52.7 Å². The average Bonchev–Trinajstić information content (AvgIpc) is 3.00. The van der Waals surface area contributed by atoms with Crippen LogP contribution in [0.2, 0.25) is 0 Å². The molecule has 0 bridgehead atoms. The van der Waals surface area contributed by atoms with Gasteiger partial charge in [-0.05, 0) is 30.5 Å². The van der Waals surface area contributed by atoms with Crippen LogP contribution in [0.3, 0.4) is 0 Å². The largest absolute Gasteiger partial charge is 0.382 e. The van der Waals surface area contributed by atoms with Gasteiger partial charge < -0.3 is 13.8 Å². The molecule has 0 unspecified atom stereocenters. The number of fused-ring (bicyclic) bond motifs is 1. The lowest BCUT2D eigenvalue weighted by Gasteiger charge is -2.21. The van der Waals surface area contributed by atoms with Gasteiger partial charge in [0.15, 0.2) is 0 Å². The third kappa shape index (κ3) is 5.73. The van der Waals surface area contributed by atoms with Gasteiger partial charge in [-0.3, -0.25) is 0 Å². The van der Waals surface area contributed by atoms with E-state index in [2.05, 4.69) is 14.6 Å². The number of methoxy groups -OCH3 is 1. The highest BCUT2D eigenvalue weighted by molar-refractivity contribution is 7.99. The van der Waals surface area contributed by atoms with E-state index in [9.17, 15) is 8.42 Å². The van der Waals surface area contributed by atoms with E-state index in [1.807, 2.05) is 19.2 Å². The molecule has 24 heavy (non-hydrogen) atoms. The highest BCUT2D eigenvalue weighted by Crippen LogP contribution is 2.40. The van der Waals surface area contributed by atoms with Crippen LogP contribution in [0.1, 0.15) is 18.9 Å². The third-order valence-electron chi connectivity index (χ3n) is 3.07. The van der Waals surface area contributed by atoms with E-state index >= 15 is 0 Å². The second-order valence-electron chi connectivity index (χ2n) is 4.95. The SMILES string of the molecule is CCNNS(=O)(=O)c1cc2c(s1)SN(CCCOCCOC)C=C2. The van der Waals surface area contributed by atoms with E-state index in [4.69, 9.17) is 9.47 Å². The zero-order valence-corrected chi connectivity index (χ0v) is 16.2. The molecule has 1 aliphatic rings. The van der Waals surface area contributed by atoms with Crippen molar-refractivity contribution in [3.05, 3.63) is 17.8 Å². The number of nitrogens with zero attached hydrogens (tertiary/aromatic N) is 1. The molecule has 0 spiro atoms. The average molecular weight is 394 g/mol. The van der Waals surface area contributed by atoms with Crippen LogP contribution in [-0.2, 0) is 19.5 Å². The molecular formula is C14H23N3O4S3. The molecule has 2 N–H and O–H groups in total. The Kier molecular flexibility index (Phi) is 8.01. The van der Waals surface area contributed by atoms with Crippen LogP contribution in [0, 0.1) is 0 Å². The molecule has 1 aromatic rings. The fourth-order valence-corrected chi connectivity index (χ4v) is 5.69. The van der Waals surface area contributed by atoms with Crippen LogP contribution in [0.15, 0.2) is 20.7 Å². The number of hydrogen-bond acceptors (Lipinski definition) is 8. The predicted octanol–water partition coefficient (Wildman–Crippen LogP) is 1.90. The van der Waals surface area contributed by atoms with Crippen molar-refractivity contribution >= 4 is 39.4 Å². The first-order chi connectivity index (χ1) is 11.6. The van der Waals surface area contributed by atoms with Crippen LogP contribution < -0.4 is 10.3 Å². The van der Waals surface area contributed by atoms with Crippen molar-refractivity contribution in [2.75, 3.05) is 40.0 Å². The molecular weight excluding hydrogens is 370 g/mol. The Morgan fingerprint density at radius 1 is 1.29 bits per heavy atom. The van der Waals surface area contributed by atoms with Gasteiger partial charge in [0.1, 0.15) is 4.21 Å². The molecule has 10 heteroatoms. The summed E-state index contributed by atoms with van der Waals surface area (Å²) in [5.74, 6) is 0. The molecule has 1 aromatic heterocycles. The molecule has 136 valence electrons. The predicted molar refractivity (Wildman–Crippen MR) is 97.2 cm³/mol. The summed E-state index contributed by atoms with van der Waals surface area (Å²) >= 11 is 2.84.